The maximum atomic E-state index is 12.2. The smallest absolute Gasteiger partial charge is 0.240 e. The van der Waals surface area contributed by atoms with Gasteiger partial charge in [0.05, 0.1) is 16.5 Å². The topological polar surface area (TPSA) is 68.3 Å². The summed E-state index contributed by atoms with van der Waals surface area (Å²) in [7, 11) is -3.46. The zero-order valence-corrected chi connectivity index (χ0v) is 14.3. The van der Waals surface area contributed by atoms with Gasteiger partial charge in [0.1, 0.15) is 5.75 Å². The first kappa shape index (κ1) is 16.9. The first-order chi connectivity index (χ1) is 10.5. The fourth-order valence-corrected chi connectivity index (χ4v) is 3.82. The number of sulfonamides is 1. The molecule has 0 saturated carbocycles. The quantitative estimate of drug-likeness (QED) is 0.750. The highest BCUT2D eigenvalue weighted by molar-refractivity contribution is 7.89. The minimum absolute atomic E-state index is 0.251. The maximum absolute atomic E-state index is 12.2. The molecule has 0 fully saturated rings. The van der Waals surface area contributed by atoms with Gasteiger partial charge in [0.15, 0.2) is 0 Å². The van der Waals surface area contributed by atoms with Crippen molar-refractivity contribution in [3.8, 4) is 5.75 Å². The minimum Gasteiger partial charge on any atom is -0.494 e. The summed E-state index contributed by atoms with van der Waals surface area (Å²) < 4.78 is 32.2. The second-order valence-electron chi connectivity index (χ2n) is 4.79. The van der Waals surface area contributed by atoms with Crippen LogP contribution in [0.15, 0.2) is 34.5 Å². The van der Waals surface area contributed by atoms with Crippen LogP contribution in [0.4, 0.5) is 0 Å². The van der Waals surface area contributed by atoms with E-state index in [0.29, 0.717) is 18.9 Å². The van der Waals surface area contributed by atoms with Crippen molar-refractivity contribution in [1.29, 1.82) is 0 Å². The Bertz CT molecular complexity index is 694. The summed E-state index contributed by atoms with van der Waals surface area (Å²) in [6, 6.07) is 6.43. The number of benzene rings is 1. The SMILES string of the molecule is CCOc1ccc(S(=O)(=O)NCCCc2nc(C)cs2)cc1. The third-order valence-corrected chi connectivity index (χ3v) is 5.47. The minimum atomic E-state index is -3.46. The molecule has 0 amide bonds. The highest BCUT2D eigenvalue weighted by Crippen LogP contribution is 2.16. The van der Waals surface area contributed by atoms with Crippen LogP contribution >= 0.6 is 11.3 Å². The normalized spacial score (nSPS) is 11.5. The molecule has 22 heavy (non-hydrogen) atoms. The molecule has 7 heteroatoms. The third kappa shape index (κ3) is 4.79. The Balaban J connectivity index is 1.85. The number of thiazole rings is 1. The molecule has 0 saturated heterocycles. The van der Waals surface area contributed by atoms with E-state index in [4.69, 9.17) is 4.74 Å². The van der Waals surface area contributed by atoms with Crippen molar-refractivity contribution >= 4 is 21.4 Å². The summed E-state index contributed by atoms with van der Waals surface area (Å²) in [4.78, 5) is 4.61. The molecule has 1 aromatic heterocycles. The Morgan fingerprint density at radius 1 is 1.27 bits per heavy atom. The summed E-state index contributed by atoms with van der Waals surface area (Å²) in [5.74, 6) is 0.667. The fraction of sp³-hybridized carbons (Fsp3) is 0.400. The van der Waals surface area contributed by atoms with Gasteiger partial charge in [0.25, 0.3) is 0 Å². The van der Waals surface area contributed by atoms with E-state index >= 15 is 0 Å². The highest BCUT2D eigenvalue weighted by Gasteiger charge is 2.13. The number of hydrogen-bond acceptors (Lipinski definition) is 5. The van der Waals surface area contributed by atoms with E-state index in [1.54, 1.807) is 35.6 Å². The van der Waals surface area contributed by atoms with Crippen molar-refractivity contribution in [2.45, 2.75) is 31.6 Å². The van der Waals surface area contributed by atoms with Gasteiger partial charge in [-0.3, -0.25) is 0 Å². The van der Waals surface area contributed by atoms with Crippen molar-refractivity contribution in [3.05, 3.63) is 40.3 Å². The molecule has 1 N–H and O–H groups in total. The molecule has 2 rings (SSSR count). The Kier molecular flexibility index (Phi) is 5.93. The van der Waals surface area contributed by atoms with Gasteiger partial charge in [-0.1, -0.05) is 0 Å². The lowest BCUT2D eigenvalue weighted by Crippen LogP contribution is -2.25. The fourth-order valence-electron chi connectivity index (χ4n) is 1.93. The van der Waals surface area contributed by atoms with E-state index in [-0.39, 0.29) is 4.90 Å². The van der Waals surface area contributed by atoms with Crippen molar-refractivity contribution in [2.75, 3.05) is 13.2 Å². The number of hydrogen-bond donors (Lipinski definition) is 1. The third-order valence-electron chi connectivity index (χ3n) is 2.97. The van der Waals surface area contributed by atoms with Crippen molar-refractivity contribution in [3.63, 3.8) is 0 Å². The second-order valence-corrected chi connectivity index (χ2v) is 7.50. The summed E-state index contributed by atoms with van der Waals surface area (Å²) in [6.45, 7) is 4.79. The lowest BCUT2D eigenvalue weighted by Gasteiger charge is -2.07. The van der Waals surface area contributed by atoms with Crippen LogP contribution in [0.2, 0.25) is 0 Å². The summed E-state index contributed by atoms with van der Waals surface area (Å²) in [5.41, 5.74) is 1.01. The molecular formula is C15H20N2O3S2. The van der Waals surface area contributed by atoms with Gasteiger partial charge in [0, 0.05) is 24.0 Å². The maximum Gasteiger partial charge on any atom is 0.240 e. The molecule has 120 valence electrons. The molecule has 1 heterocycles. The number of nitrogens with zero attached hydrogens (tertiary/aromatic N) is 1. The van der Waals surface area contributed by atoms with Gasteiger partial charge in [-0.25, -0.2) is 18.1 Å². The van der Waals surface area contributed by atoms with E-state index in [9.17, 15) is 8.42 Å². The first-order valence-electron chi connectivity index (χ1n) is 7.15. The molecule has 0 aliphatic carbocycles. The summed E-state index contributed by atoms with van der Waals surface area (Å²) in [6.07, 6.45) is 1.51. The van der Waals surface area contributed by atoms with Gasteiger partial charge in [-0.05, 0) is 44.5 Å². The predicted octanol–water partition coefficient (Wildman–Crippen LogP) is 2.76. The van der Waals surface area contributed by atoms with Crippen molar-refractivity contribution in [1.82, 2.24) is 9.71 Å². The highest BCUT2D eigenvalue weighted by atomic mass is 32.2. The average Bonchev–Trinajstić information content (AvgIpc) is 2.90. The average molecular weight is 340 g/mol. The van der Waals surface area contributed by atoms with Gasteiger partial charge in [-0.15, -0.1) is 11.3 Å². The molecule has 0 aliphatic rings. The number of ether oxygens (including phenoxy) is 1. The standard InChI is InChI=1S/C15H20N2O3S2/c1-3-20-13-6-8-14(9-7-13)22(18,19)16-10-4-5-15-17-12(2)11-21-15/h6-9,11,16H,3-5,10H2,1-2H3. The Morgan fingerprint density at radius 3 is 2.59 bits per heavy atom. The summed E-state index contributed by atoms with van der Waals surface area (Å²) in [5, 5.41) is 3.04. The van der Waals surface area contributed by atoms with E-state index in [2.05, 4.69) is 9.71 Å². The molecular weight excluding hydrogens is 320 g/mol. The number of rotatable bonds is 8. The van der Waals surface area contributed by atoms with Gasteiger partial charge in [-0.2, -0.15) is 0 Å². The largest absolute Gasteiger partial charge is 0.494 e. The van der Waals surface area contributed by atoms with Gasteiger partial charge in [0.2, 0.25) is 10.0 Å². The van der Waals surface area contributed by atoms with E-state index < -0.39 is 10.0 Å². The molecule has 1 aromatic carbocycles. The van der Waals surface area contributed by atoms with E-state index in [1.165, 1.54) is 0 Å². The molecule has 0 bridgehead atoms. The zero-order valence-electron chi connectivity index (χ0n) is 12.7. The van der Waals surface area contributed by atoms with Gasteiger partial charge < -0.3 is 4.74 Å². The second kappa shape index (κ2) is 7.71. The summed E-state index contributed by atoms with van der Waals surface area (Å²) >= 11 is 1.61. The lowest BCUT2D eigenvalue weighted by molar-refractivity contribution is 0.340. The van der Waals surface area contributed by atoms with Crippen molar-refractivity contribution < 1.29 is 13.2 Å². The first-order valence-corrected chi connectivity index (χ1v) is 9.51. The van der Waals surface area contributed by atoms with Crippen molar-refractivity contribution in [2.24, 2.45) is 0 Å². The van der Waals surface area contributed by atoms with Crippen LogP contribution < -0.4 is 9.46 Å². The number of aromatic nitrogens is 1. The Hall–Kier alpha value is -1.44. The molecule has 2 aromatic rings. The number of aryl methyl sites for hydroxylation is 2. The van der Waals surface area contributed by atoms with E-state index in [0.717, 1.165) is 23.5 Å². The predicted molar refractivity (Wildman–Crippen MR) is 88.0 cm³/mol. The van der Waals surface area contributed by atoms with Crippen LogP contribution in [-0.4, -0.2) is 26.6 Å². The Labute approximate surface area is 135 Å². The van der Waals surface area contributed by atoms with Crippen LogP contribution in [0.3, 0.4) is 0 Å². The molecule has 0 unspecified atom stereocenters. The van der Waals surface area contributed by atoms with Crippen LogP contribution in [0.25, 0.3) is 0 Å². The molecule has 0 radical (unpaired) electrons. The Morgan fingerprint density at radius 2 is 2.00 bits per heavy atom. The van der Waals surface area contributed by atoms with Crippen LogP contribution in [0, 0.1) is 6.92 Å². The molecule has 5 nitrogen and oxygen atoms in total. The lowest BCUT2D eigenvalue weighted by atomic mass is 10.3. The zero-order chi connectivity index (χ0) is 16.0. The van der Waals surface area contributed by atoms with Crippen LogP contribution in [0.1, 0.15) is 24.0 Å². The molecule has 0 spiro atoms. The van der Waals surface area contributed by atoms with E-state index in [1.807, 2.05) is 19.2 Å². The number of nitrogens with one attached hydrogen (secondary N) is 1. The van der Waals surface area contributed by atoms with Crippen LogP contribution in [-0.2, 0) is 16.4 Å². The monoisotopic (exact) mass is 340 g/mol. The molecule has 0 aliphatic heterocycles. The van der Waals surface area contributed by atoms with Crippen LogP contribution in [0.5, 0.6) is 5.75 Å². The van der Waals surface area contributed by atoms with Gasteiger partial charge >= 0.3 is 0 Å². The molecule has 0 atom stereocenters.